The van der Waals surface area contributed by atoms with E-state index in [9.17, 15) is 19.5 Å². The Morgan fingerprint density at radius 2 is 1.76 bits per heavy atom. The molecule has 0 aliphatic carbocycles. The number of benzene rings is 2. The Morgan fingerprint density at radius 1 is 1.02 bits per heavy atom. The minimum absolute atomic E-state index is 0.00615. The average Bonchev–Trinajstić information content (AvgIpc) is 3.58. The van der Waals surface area contributed by atoms with Crippen molar-refractivity contribution in [3.05, 3.63) is 110 Å². The lowest BCUT2D eigenvalue weighted by atomic mass is 9.79. The van der Waals surface area contributed by atoms with Crippen LogP contribution in [0.1, 0.15) is 51.8 Å². The summed E-state index contributed by atoms with van der Waals surface area (Å²) in [4.78, 5) is 59.0. The van der Waals surface area contributed by atoms with Gasteiger partial charge in [0.2, 0.25) is 11.8 Å². The molecule has 2 aromatic carbocycles. The fraction of sp³-hybridized carbons (Fsp3) is 0.350. The molecule has 2 aliphatic rings. The summed E-state index contributed by atoms with van der Waals surface area (Å²) in [6.07, 6.45) is 4.06. The van der Waals surface area contributed by atoms with Crippen molar-refractivity contribution in [2.24, 2.45) is 5.92 Å². The Kier molecular flexibility index (Phi) is 10.9. The normalized spacial score (nSPS) is 18.2. The van der Waals surface area contributed by atoms with Gasteiger partial charge in [0.05, 0.1) is 24.9 Å². The van der Waals surface area contributed by atoms with Crippen LogP contribution in [-0.4, -0.2) is 85.1 Å². The van der Waals surface area contributed by atoms with E-state index in [1.165, 1.54) is 29.3 Å². The van der Waals surface area contributed by atoms with Gasteiger partial charge >= 0.3 is 0 Å². The second-order valence-corrected chi connectivity index (χ2v) is 15.6. The summed E-state index contributed by atoms with van der Waals surface area (Å²) in [5, 5.41) is 12.7. The van der Waals surface area contributed by atoms with E-state index in [4.69, 9.17) is 26.8 Å². The van der Waals surface area contributed by atoms with Gasteiger partial charge in [-0.1, -0.05) is 41.9 Å². The zero-order valence-electron chi connectivity index (χ0n) is 30.8. The zero-order valence-corrected chi connectivity index (χ0v) is 32.3. The molecule has 15 heteroatoms. The van der Waals surface area contributed by atoms with E-state index in [2.05, 4.69) is 15.0 Å². The van der Waals surface area contributed by atoms with Crippen molar-refractivity contribution in [1.82, 2.24) is 29.3 Å². The highest BCUT2D eigenvalue weighted by atomic mass is 35.5. The third kappa shape index (κ3) is 8.21. The van der Waals surface area contributed by atoms with Gasteiger partial charge in [0.25, 0.3) is 11.5 Å². The number of nitrogens with zero attached hydrogens (tertiary/aromatic N) is 6. The number of ether oxygens (including phenoxy) is 2. The molecule has 0 bridgehead atoms. The number of rotatable bonds is 9. The molecule has 2 aliphatic heterocycles. The number of likely N-dealkylation sites (tertiary alicyclic amines) is 2. The van der Waals surface area contributed by atoms with Crippen LogP contribution in [0.15, 0.2) is 78.0 Å². The van der Waals surface area contributed by atoms with Gasteiger partial charge in [-0.05, 0) is 62.9 Å². The number of halogens is 1. The van der Waals surface area contributed by atoms with Gasteiger partial charge in [0.15, 0.2) is 5.69 Å². The van der Waals surface area contributed by atoms with Gasteiger partial charge in [-0.2, -0.15) is 0 Å². The van der Waals surface area contributed by atoms with Crippen LogP contribution >= 0.6 is 22.9 Å². The molecule has 5 aromatic rings. The molecule has 0 spiro atoms. The largest absolute Gasteiger partial charge is 0.497 e. The van der Waals surface area contributed by atoms with Crippen molar-refractivity contribution in [3.8, 4) is 28.0 Å². The van der Waals surface area contributed by atoms with Gasteiger partial charge in [-0.3, -0.25) is 23.9 Å². The number of aliphatic hydroxyl groups is 1. The van der Waals surface area contributed by atoms with Gasteiger partial charge < -0.3 is 30.1 Å². The third-order valence-corrected chi connectivity index (χ3v) is 11.8. The molecule has 0 unspecified atom stereocenters. The first-order valence-corrected chi connectivity index (χ1v) is 19.2. The number of piperidine rings is 2. The molecule has 286 valence electrons. The van der Waals surface area contributed by atoms with Crippen LogP contribution in [0.3, 0.4) is 0 Å². The van der Waals surface area contributed by atoms with Crippen LogP contribution in [0.2, 0.25) is 5.02 Å². The average molecular weight is 784 g/mol. The SMILES string of the molecule is COc1cc(Cl)cc(Oc2ncn(CC3(O)CCN(C(=O)[C@@H]4CCN(C(=O)c5sc(-c6ccc(C)nc6)nc5C)C[C@H]4c4ccccc4)CC3)c(=O)c2N)c1. The first-order chi connectivity index (χ1) is 26.4. The molecular formula is C40H42ClN7O6S. The van der Waals surface area contributed by atoms with Crippen LogP contribution in [0.5, 0.6) is 17.4 Å². The minimum atomic E-state index is -1.27. The number of anilines is 1. The summed E-state index contributed by atoms with van der Waals surface area (Å²) in [5.41, 5.74) is 7.53. The minimum Gasteiger partial charge on any atom is -0.497 e. The molecule has 2 fully saturated rings. The quantitative estimate of drug-likeness (QED) is 0.189. The first-order valence-electron chi connectivity index (χ1n) is 18.0. The molecule has 3 N–H and O–H groups in total. The fourth-order valence-electron chi connectivity index (χ4n) is 7.29. The number of hydrogen-bond donors (Lipinski definition) is 2. The number of aryl methyl sites for hydroxylation is 2. The maximum Gasteiger partial charge on any atom is 0.280 e. The predicted molar refractivity (Wildman–Crippen MR) is 210 cm³/mol. The van der Waals surface area contributed by atoms with Crippen LogP contribution in [0.25, 0.3) is 10.6 Å². The number of carbonyl (C=O) groups is 2. The third-order valence-electron chi connectivity index (χ3n) is 10.4. The van der Waals surface area contributed by atoms with Gasteiger partial charge in [0.1, 0.15) is 27.7 Å². The molecular weight excluding hydrogens is 742 g/mol. The number of amides is 2. The van der Waals surface area contributed by atoms with Crippen molar-refractivity contribution in [1.29, 1.82) is 0 Å². The highest BCUT2D eigenvalue weighted by Crippen LogP contribution is 2.38. The second kappa shape index (κ2) is 15.8. The molecule has 13 nitrogen and oxygen atoms in total. The number of hydrogen-bond acceptors (Lipinski definition) is 11. The molecule has 5 heterocycles. The highest BCUT2D eigenvalue weighted by Gasteiger charge is 2.42. The van der Waals surface area contributed by atoms with E-state index in [-0.39, 0.29) is 54.6 Å². The summed E-state index contributed by atoms with van der Waals surface area (Å²) in [6.45, 7) is 5.15. The van der Waals surface area contributed by atoms with Crippen LogP contribution < -0.4 is 20.8 Å². The highest BCUT2D eigenvalue weighted by molar-refractivity contribution is 7.17. The maximum atomic E-state index is 14.3. The number of methoxy groups -OCH3 is 1. The molecule has 55 heavy (non-hydrogen) atoms. The summed E-state index contributed by atoms with van der Waals surface area (Å²) < 4.78 is 12.2. The standard InChI is InChI=1S/C40H42ClN7O6S/c1-24-9-10-27(20-43-24)36-45-25(2)34(55-36)39(51)47-14-11-31(32(21-47)26-7-5-4-6-8-26)37(49)46-15-12-40(52,13-16-46)22-48-23-44-35(33(42)38(48)50)54-30-18-28(41)17-29(19-30)53-3/h4-10,17-20,23,31-32,52H,11-16,21-22,42H2,1-3H3/t31-,32+/m1/s1. The molecule has 2 saturated heterocycles. The van der Waals surface area contributed by atoms with Crippen LogP contribution in [0.4, 0.5) is 5.69 Å². The van der Waals surface area contributed by atoms with Gasteiger partial charge in [-0.25, -0.2) is 9.97 Å². The smallest absolute Gasteiger partial charge is 0.280 e. The number of aromatic nitrogens is 4. The van der Waals surface area contributed by atoms with Crippen LogP contribution in [0, 0.1) is 19.8 Å². The summed E-state index contributed by atoms with van der Waals surface area (Å²) in [7, 11) is 1.49. The van der Waals surface area contributed by atoms with Crippen molar-refractivity contribution in [2.75, 3.05) is 39.0 Å². The molecule has 7 rings (SSSR count). The topological polar surface area (TPSA) is 166 Å². The Balaban J connectivity index is 1.01. The molecule has 3 aromatic heterocycles. The maximum absolute atomic E-state index is 14.3. The predicted octanol–water partition coefficient (Wildman–Crippen LogP) is 5.71. The monoisotopic (exact) mass is 783 g/mol. The van der Waals surface area contributed by atoms with Crippen molar-refractivity contribution < 1.29 is 24.2 Å². The van der Waals surface area contributed by atoms with E-state index in [1.807, 2.05) is 61.2 Å². The number of thiazole rings is 1. The lowest BCUT2D eigenvalue weighted by Crippen LogP contribution is -2.53. The van der Waals surface area contributed by atoms with Crippen molar-refractivity contribution >= 4 is 40.4 Å². The second-order valence-electron chi connectivity index (χ2n) is 14.2. The molecule has 2 atom stereocenters. The number of pyridine rings is 1. The van der Waals surface area contributed by atoms with Crippen molar-refractivity contribution in [2.45, 2.75) is 51.2 Å². The Bertz CT molecular complexity index is 2260. The van der Waals surface area contributed by atoms with E-state index in [0.29, 0.717) is 59.7 Å². The van der Waals surface area contributed by atoms with E-state index in [1.54, 1.807) is 29.3 Å². The number of nitrogens with two attached hydrogens (primary N) is 1. The van der Waals surface area contributed by atoms with E-state index < -0.39 is 11.2 Å². The summed E-state index contributed by atoms with van der Waals surface area (Å²) >= 11 is 7.50. The van der Waals surface area contributed by atoms with E-state index in [0.717, 1.165) is 21.8 Å². The Hall–Kier alpha value is -5.31. The Labute approximate surface area is 327 Å². The Morgan fingerprint density at radius 3 is 2.47 bits per heavy atom. The van der Waals surface area contributed by atoms with E-state index >= 15 is 0 Å². The van der Waals surface area contributed by atoms with Crippen molar-refractivity contribution in [3.63, 3.8) is 0 Å². The first kappa shape index (κ1) is 38.0. The summed E-state index contributed by atoms with van der Waals surface area (Å²) in [6, 6.07) is 18.5. The van der Waals surface area contributed by atoms with Gasteiger partial charge in [-0.15, -0.1) is 11.3 Å². The number of carbonyl (C=O) groups excluding carboxylic acids is 2. The lowest BCUT2D eigenvalue weighted by Gasteiger charge is -2.43. The molecule has 0 saturated carbocycles. The lowest BCUT2D eigenvalue weighted by molar-refractivity contribution is -0.142. The zero-order chi connectivity index (χ0) is 38.9. The van der Waals surface area contributed by atoms with Crippen LogP contribution in [-0.2, 0) is 11.3 Å². The summed E-state index contributed by atoms with van der Waals surface area (Å²) in [5.74, 6) is -0.00517. The fourth-order valence-corrected chi connectivity index (χ4v) is 8.53. The molecule has 2 amide bonds. The molecule has 0 radical (unpaired) electrons. The number of nitrogen functional groups attached to an aromatic ring is 1. The van der Waals surface area contributed by atoms with Gasteiger partial charge in [0, 0.05) is 66.6 Å².